The van der Waals surface area contributed by atoms with Crippen LogP contribution in [-0.4, -0.2) is 29.6 Å². The van der Waals surface area contributed by atoms with Crippen LogP contribution in [0.2, 0.25) is 0 Å². The van der Waals surface area contributed by atoms with Gasteiger partial charge in [0.25, 0.3) is 5.66 Å². The average molecular weight is 208 g/mol. The fourth-order valence-corrected chi connectivity index (χ4v) is 1.08. The van der Waals surface area contributed by atoms with Gasteiger partial charge in [0.2, 0.25) is 0 Å². The lowest BCUT2D eigenvalue weighted by atomic mass is 10.2. The third-order valence-corrected chi connectivity index (χ3v) is 1.79. The van der Waals surface area contributed by atoms with Gasteiger partial charge in [-0.05, 0) is 0 Å². The lowest BCUT2D eigenvalue weighted by molar-refractivity contribution is -0.279. The van der Waals surface area contributed by atoms with Gasteiger partial charge in [0.1, 0.15) is 0 Å². The third-order valence-electron chi connectivity index (χ3n) is 1.79. The standard InChI is InChI=1S/C5H6F6N2/c1-2-13-3(12-13,4(6,7)8)5(9,10)11/h12H,2H2,1H3. The molecule has 0 aromatic rings. The van der Waals surface area contributed by atoms with Gasteiger partial charge in [0.05, 0.1) is 0 Å². The summed E-state index contributed by atoms with van der Waals surface area (Å²) < 4.78 is 72.0. The van der Waals surface area contributed by atoms with Gasteiger partial charge >= 0.3 is 12.4 Å². The predicted octanol–water partition coefficient (Wildman–Crippen LogP) is 1.65. The Kier molecular flexibility index (Phi) is 2.04. The molecule has 1 atom stereocenters. The SMILES string of the molecule is CCN1NC1(C(F)(F)F)C(F)(F)F. The summed E-state index contributed by atoms with van der Waals surface area (Å²) in [5.74, 6) is 0. The van der Waals surface area contributed by atoms with Crippen LogP contribution in [0.5, 0.6) is 0 Å². The number of hydrogen-bond acceptors (Lipinski definition) is 2. The molecule has 1 fully saturated rings. The van der Waals surface area contributed by atoms with Crippen molar-refractivity contribution in [3.63, 3.8) is 0 Å². The zero-order valence-corrected chi connectivity index (χ0v) is 6.42. The molecule has 0 aromatic heterocycles. The van der Waals surface area contributed by atoms with Crippen LogP contribution in [0.4, 0.5) is 26.3 Å². The number of hydrogen-bond donors (Lipinski definition) is 1. The molecule has 0 amide bonds. The first-order valence-corrected chi connectivity index (χ1v) is 3.35. The second-order valence-electron chi connectivity index (χ2n) is 2.56. The maximum absolute atomic E-state index is 12.0. The highest BCUT2D eigenvalue weighted by atomic mass is 19.4. The summed E-state index contributed by atoms with van der Waals surface area (Å²) in [4.78, 5) is 0. The summed E-state index contributed by atoms with van der Waals surface area (Å²) in [5, 5.41) is 0.104. The molecule has 13 heavy (non-hydrogen) atoms. The molecule has 1 aliphatic heterocycles. The molecule has 1 rings (SSSR count). The summed E-state index contributed by atoms with van der Waals surface area (Å²) in [6.45, 7) is 0.839. The number of alkyl halides is 6. The van der Waals surface area contributed by atoms with Gasteiger partial charge in [-0.1, -0.05) is 6.92 Å². The summed E-state index contributed by atoms with van der Waals surface area (Å²) in [5.41, 5.74) is -2.53. The fourth-order valence-electron chi connectivity index (χ4n) is 1.08. The van der Waals surface area contributed by atoms with Gasteiger partial charge in [0, 0.05) is 6.54 Å². The minimum atomic E-state index is -5.35. The molecule has 0 saturated carbocycles. The highest BCUT2D eigenvalue weighted by molar-refractivity contribution is 5.09. The van der Waals surface area contributed by atoms with Crippen LogP contribution in [0, 0.1) is 0 Å². The smallest absolute Gasteiger partial charge is 0.216 e. The molecule has 1 heterocycles. The van der Waals surface area contributed by atoms with E-state index in [1.54, 1.807) is 0 Å². The Morgan fingerprint density at radius 2 is 1.46 bits per heavy atom. The second kappa shape index (κ2) is 2.50. The van der Waals surface area contributed by atoms with E-state index < -0.39 is 18.0 Å². The van der Waals surface area contributed by atoms with Crippen molar-refractivity contribution in [2.24, 2.45) is 0 Å². The van der Waals surface area contributed by atoms with Crippen molar-refractivity contribution in [3.05, 3.63) is 0 Å². The van der Waals surface area contributed by atoms with Crippen LogP contribution >= 0.6 is 0 Å². The van der Waals surface area contributed by atoms with E-state index >= 15 is 0 Å². The van der Waals surface area contributed by atoms with Gasteiger partial charge in [-0.15, -0.1) is 0 Å². The quantitative estimate of drug-likeness (QED) is 0.523. The van der Waals surface area contributed by atoms with Gasteiger partial charge in [-0.3, -0.25) is 0 Å². The van der Waals surface area contributed by atoms with Gasteiger partial charge in [-0.25, -0.2) is 10.4 Å². The van der Waals surface area contributed by atoms with E-state index in [2.05, 4.69) is 0 Å². The van der Waals surface area contributed by atoms with Gasteiger partial charge in [-0.2, -0.15) is 26.3 Å². The zero-order chi connectivity index (χ0) is 10.5. The molecule has 0 spiro atoms. The highest BCUT2D eigenvalue weighted by Gasteiger charge is 2.83. The Labute approximate surface area is 69.5 Å². The van der Waals surface area contributed by atoms with Crippen LogP contribution in [-0.2, 0) is 0 Å². The first-order chi connectivity index (χ1) is 5.67. The normalized spacial score (nSPS) is 27.5. The van der Waals surface area contributed by atoms with Gasteiger partial charge < -0.3 is 0 Å². The molecule has 1 aliphatic rings. The van der Waals surface area contributed by atoms with Crippen molar-refractivity contribution < 1.29 is 26.3 Å². The molecule has 8 heteroatoms. The van der Waals surface area contributed by atoms with E-state index in [0.717, 1.165) is 0 Å². The summed E-state index contributed by atoms with van der Waals surface area (Å²) in [7, 11) is 0. The largest absolute Gasteiger partial charge is 0.431 e. The molecule has 1 unspecified atom stereocenters. The van der Waals surface area contributed by atoms with Crippen LogP contribution in [0.15, 0.2) is 0 Å². The van der Waals surface area contributed by atoms with E-state index in [9.17, 15) is 26.3 Å². The first kappa shape index (κ1) is 10.6. The molecule has 0 aromatic carbocycles. The van der Waals surface area contributed by atoms with Crippen molar-refractivity contribution in [2.75, 3.05) is 6.54 Å². The number of hydrazine groups is 1. The molecule has 78 valence electrons. The van der Waals surface area contributed by atoms with Crippen LogP contribution < -0.4 is 5.43 Å². The minimum absolute atomic E-state index is 0.104. The Morgan fingerprint density at radius 1 is 1.08 bits per heavy atom. The summed E-state index contributed by atoms with van der Waals surface area (Å²) in [6, 6.07) is 0. The summed E-state index contributed by atoms with van der Waals surface area (Å²) >= 11 is 0. The van der Waals surface area contributed by atoms with E-state index in [1.165, 1.54) is 12.3 Å². The molecule has 0 aliphatic carbocycles. The number of halogens is 6. The third kappa shape index (κ3) is 1.28. The molecule has 2 nitrogen and oxygen atoms in total. The molecule has 1 N–H and O–H groups in total. The Bertz CT molecular complexity index is 192. The number of nitrogens with one attached hydrogen (secondary N) is 1. The molecule has 0 radical (unpaired) electrons. The number of rotatable bonds is 1. The van der Waals surface area contributed by atoms with Crippen molar-refractivity contribution in [1.29, 1.82) is 0 Å². The van der Waals surface area contributed by atoms with E-state index in [1.807, 2.05) is 0 Å². The molecular weight excluding hydrogens is 202 g/mol. The number of nitrogens with zero attached hydrogens (tertiary/aromatic N) is 1. The Morgan fingerprint density at radius 3 is 1.54 bits per heavy atom. The monoisotopic (exact) mass is 208 g/mol. The van der Waals surface area contributed by atoms with E-state index in [-0.39, 0.29) is 11.6 Å². The van der Waals surface area contributed by atoms with Crippen molar-refractivity contribution >= 4 is 0 Å². The lowest BCUT2D eigenvalue weighted by Gasteiger charge is -2.20. The van der Waals surface area contributed by atoms with Crippen LogP contribution in [0.3, 0.4) is 0 Å². The van der Waals surface area contributed by atoms with E-state index in [4.69, 9.17) is 0 Å². The van der Waals surface area contributed by atoms with Gasteiger partial charge in [0.15, 0.2) is 0 Å². The van der Waals surface area contributed by atoms with Crippen molar-refractivity contribution in [3.8, 4) is 0 Å². The maximum Gasteiger partial charge on any atom is 0.431 e. The van der Waals surface area contributed by atoms with Crippen molar-refractivity contribution in [1.82, 2.24) is 10.4 Å². The lowest BCUT2D eigenvalue weighted by Crippen LogP contribution is -2.50. The second-order valence-corrected chi connectivity index (χ2v) is 2.56. The maximum atomic E-state index is 12.0. The zero-order valence-electron chi connectivity index (χ0n) is 6.42. The molecule has 1 saturated heterocycles. The highest BCUT2D eigenvalue weighted by Crippen LogP contribution is 2.51. The Hall–Kier alpha value is -0.500. The fraction of sp³-hybridized carbons (Fsp3) is 1.00. The Balaban J connectivity index is 2.95. The average Bonchev–Trinajstić information content (AvgIpc) is 2.57. The topological polar surface area (TPSA) is 25.0 Å². The predicted molar refractivity (Wildman–Crippen MR) is 30.4 cm³/mol. The van der Waals surface area contributed by atoms with Crippen LogP contribution in [0.1, 0.15) is 6.92 Å². The first-order valence-electron chi connectivity index (χ1n) is 3.35. The molecular formula is C5H6F6N2. The van der Waals surface area contributed by atoms with Crippen LogP contribution in [0.25, 0.3) is 0 Å². The summed E-state index contributed by atoms with van der Waals surface area (Å²) in [6.07, 6.45) is -10.7. The van der Waals surface area contributed by atoms with Crippen molar-refractivity contribution in [2.45, 2.75) is 24.9 Å². The molecule has 0 bridgehead atoms. The minimum Gasteiger partial charge on any atom is -0.216 e. The van der Waals surface area contributed by atoms with E-state index in [0.29, 0.717) is 0 Å².